The number of rotatable bonds is 3. The van der Waals surface area contributed by atoms with Crippen LogP contribution in [0.2, 0.25) is 0 Å². The van der Waals surface area contributed by atoms with Crippen LogP contribution in [0.15, 0.2) is 22.7 Å². The van der Waals surface area contributed by atoms with E-state index in [1.807, 2.05) is 0 Å². The van der Waals surface area contributed by atoms with Gasteiger partial charge in [-0.15, -0.1) is 12.4 Å². The molecule has 2 N–H and O–H groups in total. The first-order valence-corrected chi connectivity index (χ1v) is 7.29. The Balaban J connectivity index is 0.00000200. The molecular weight excluding hydrogens is 344 g/mol. The van der Waals surface area contributed by atoms with E-state index in [1.165, 1.54) is 0 Å². The van der Waals surface area contributed by atoms with Gasteiger partial charge in [0.25, 0.3) is 5.91 Å². The van der Waals surface area contributed by atoms with Crippen molar-refractivity contribution in [2.75, 3.05) is 13.7 Å². The van der Waals surface area contributed by atoms with Crippen LogP contribution in [0.1, 0.15) is 30.1 Å². The number of hydrogen-bond acceptors (Lipinski definition) is 3. The molecule has 1 heterocycles. The summed E-state index contributed by atoms with van der Waals surface area (Å²) in [5.41, 5.74) is 0.644. The highest BCUT2D eigenvalue weighted by molar-refractivity contribution is 9.10. The van der Waals surface area contributed by atoms with Crippen LogP contribution in [0.5, 0.6) is 5.75 Å². The fraction of sp³-hybridized carbons (Fsp3) is 0.500. The van der Waals surface area contributed by atoms with Crippen molar-refractivity contribution in [3.63, 3.8) is 0 Å². The number of amides is 1. The number of carbonyl (C=O) groups excluding carboxylic acids is 1. The van der Waals surface area contributed by atoms with E-state index in [0.29, 0.717) is 11.6 Å². The van der Waals surface area contributed by atoms with Crippen LogP contribution in [0, 0.1) is 0 Å². The minimum absolute atomic E-state index is 0. The number of ether oxygens (including phenoxy) is 1. The lowest BCUT2D eigenvalue weighted by Gasteiger charge is -2.30. The van der Waals surface area contributed by atoms with E-state index in [4.69, 9.17) is 4.74 Å². The summed E-state index contributed by atoms with van der Waals surface area (Å²) < 4.78 is 5.95. The molecule has 1 fully saturated rings. The number of carbonyl (C=O) groups is 1. The SMILES string of the molecule is COc1ccc(C(=O)NC2CCCNC2C)cc1Br.Cl. The molecule has 0 aromatic heterocycles. The Morgan fingerprint density at radius 2 is 2.25 bits per heavy atom. The standard InChI is InChI=1S/C14H19BrN2O2.ClH/c1-9-12(4-3-7-16-9)17-14(18)10-5-6-13(19-2)11(15)8-10;/h5-6,8-9,12,16H,3-4,7H2,1-2H3,(H,17,18);1H. The number of piperidine rings is 1. The Morgan fingerprint density at radius 3 is 2.85 bits per heavy atom. The van der Waals surface area contributed by atoms with E-state index in [0.717, 1.165) is 29.6 Å². The summed E-state index contributed by atoms with van der Waals surface area (Å²) >= 11 is 3.40. The van der Waals surface area contributed by atoms with E-state index < -0.39 is 0 Å². The zero-order valence-electron chi connectivity index (χ0n) is 11.6. The maximum atomic E-state index is 12.2. The van der Waals surface area contributed by atoms with Gasteiger partial charge in [-0.25, -0.2) is 0 Å². The normalized spacial score (nSPS) is 21.8. The third-order valence-electron chi connectivity index (χ3n) is 3.49. The molecule has 2 rings (SSSR count). The summed E-state index contributed by atoms with van der Waals surface area (Å²) in [5.74, 6) is 0.688. The molecule has 2 atom stereocenters. The zero-order chi connectivity index (χ0) is 13.8. The maximum absolute atomic E-state index is 12.2. The van der Waals surface area contributed by atoms with E-state index >= 15 is 0 Å². The van der Waals surface area contributed by atoms with E-state index in [9.17, 15) is 4.79 Å². The van der Waals surface area contributed by atoms with Crippen LogP contribution in [-0.2, 0) is 0 Å². The second-order valence-corrected chi connectivity index (χ2v) is 5.67. The molecule has 1 aliphatic heterocycles. The van der Waals surface area contributed by atoms with E-state index in [-0.39, 0.29) is 24.4 Å². The Hall–Kier alpha value is -0.780. The summed E-state index contributed by atoms with van der Waals surface area (Å²) in [6, 6.07) is 5.87. The van der Waals surface area contributed by atoms with Gasteiger partial charge in [-0.05, 0) is 60.4 Å². The topological polar surface area (TPSA) is 50.4 Å². The summed E-state index contributed by atoms with van der Waals surface area (Å²) in [6.45, 7) is 3.13. The van der Waals surface area contributed by atoms with E-state index in [1.54, 1.807) is 25.3 Å². The van der Waals surface area contributed by atoms with Crippen molar-refractivity contribution in [2.24, 2.45) is 0 Å². The quantitative estimate of drug-likeness (QED) is 0.868. The number of benzene rings is 1. The molecule has 6 heteroatoms. The van der Waals surface area contributed by atoms with Gasteiger partial charge in [-0.3, -0.25) is 4.79 Å². The molecule has 112 valence electrons. The van der Waals surface area contributed by atoms with Crippen molar-refractivity contribution < 1.29 is 9.53 Å². The summed E-state index contributed by atoms with van der Waals surface area (Å²) in [4.78, 5) is 12.2. The lowest BCUT2D eigenvalue weighted by molar-refractivity contribution is 0.0920. The van der Waals surface area contributed by atoms with Gasteiger partial charge in [0.05, 0.1) is 11.6 Å². The molecule has 20 heavy (non-hydrogen) atoms. The van der Waals surface area contributed by atoms with Gasteiger partial charge in [0.15, 0.2) is 0 Å². The number of halogens is 2. The number of methoxy groups -OCH3 is 1. The van der Waals surface area contributed by atoms with Crippen molar-refractivity contribution in [1.82, 2.24) is 10.6 Å². The fourth-order valence-electron chi connectivity index (χ4n) is 2.30. The second kappa shape index (κ2) is 7.86. The van der Waals surface area contributed by atoms with Gasteiger partial charge in [0.2, 0.25) is 0 Å². The molecule has 4 nitrogen and oxygen atoms in total. The van der Waals surface area contributed by atoms with Crippen molar-refractivity contribution >= 4 is 34.2 Å². The van der Waals surface area contributed by atoms with Crippen molar-refractivity contribution in [3.8, 4) is 5.75 Å². The molecule has 0 bridgehead atoms. The average Bonchev–Trinajstić information content (AvgIpc) is 2.41. The van der Waals surface area contributed by atoms with Gasteiger partial charge >= 0.3 is 0 Å². The molecular formula is C14H20BrClN2O2. The first-order valence-electron chi connectivity index (χ1n) is 6.49. The van der Waals surface area contributed by atoms with E-state index in [2.05, 4.69) is 33.5 Å². The molecule has 0 saturated carbocycles. The largest absolute Gasteiger partial charge is 0.496 e. The van der Waals surface area contributed by atoms with Gasteiger partial charge in [0, 0.05) is 17.6 Å². The first kappa shape index (κ1) is 17.3. The summed E-state index contributed by atoms with van der Waals surface area (Å²) in [5, 5.41) is 6.46. The minimum atomic E-state index is -0.0381. The van der Waals surface area contributed by atoms with Crippen molar-refractivity contribution in [2.45, 2.75) is 31.8 Å². The Labute approximate surface area is 134 Å². The van der Waals surface area contributed by atoms with Gasteiger partial charge < -0.3 is 15.4 Å². The second-order valence-electron chi connectivity index (χ2n) is 4.81. The van der Waals surface area contributed by atoms with Crippen LogP contribution in [0.3, 0.4) is 0 Å². The smallest absolute Gasteiger partial charge is 0.251 e. The maximum Gasteiger partial charge on any atom is 0.251 e. The highest BCUT2D eigenvalue weighted by atomic mass is 79.9. The lowest BCUT2D eigenvalue weighted by Crippen LogP contribution is -2.51. The van der Waals surface area contributed by atoms with Crippen LogP contribution in [0.4, 0.5) is 0 Å². The summed E-state index contributed by atoms with van der Waals surface area (Å²) in [7, 11) is 1.61. The lowest BCUT2D eigenvalue weighted by atomic mass is 9.99. The van der Waals surface area contributed by atoms with Crippen LogP contribution < -0.4 is 15.4 Å². The molecule has 1 aromatic rings. The highest BCUT2D eigenvalue weighted by Crippen LogP contribution is 2.25. The molecule has 2 unspecified atom stereocenters. The van der Waals surface area contributed by atoms with Gasteiger partial charge in [-0.1, -0.05) is 0 Å². The van der Waals surface area contributed by atoms with Crippen LogP contribution in [0.25, 0.3) is 0 Å². The van der Waals surface area contributed by atoms with Crippen molar-refractivity contribution in [3.05, 3.63) is 28.2 Å². The van der Waals surface area contributed by atoms with Crippen LogP contribution in [-0.4, -0.2) is 31.6 Å². The molecule has 1 amide bonds. The molecule has 0 radical (unpaired) electrons. The monoisotopic (exact) mass is 362 g/mol. The Kier molecular flexibility index (Phi) is 6.79. The molecule has 0 aliphatic carbocycles. The highest BCUT2D eigenvalue weighted by Gasteiger charge is 2.23. The van der Waals surface area contributed by atoms with Gasteiger partial charge in [0.1, 0.15) is 5.75 Å². The Morgan fingerprint density at radius 1 is 1.50 bits per heavy atom. The van der Waals surface area contributed by atoms with Crippen molar-refractivity contribution in [1.29, 1.82) is 0 Å². The average molecular weight is 364 g/mol. The summed E-state index contributed by atoms with van der Waals surface area (Å²) in [6.07, 6.45) is 2.12. The molecule has 1 aliphatic rings. The first-order chi connectivity index (χ1) is 9.11. The molecule has 1 aromatic carbocycles. The predicted octanol–water partition coefficient (Wildman–Crippen LogP) is 2.75. The zero-order valence-corrected chi connectivity index (χ0v) is 14.0. The Bertz CT molecular complexity index is 470. The third kappa shape index (κ3) is 4.11. The molecule has 0 spiro atoms. The third-order valence-corrected chi connectivity index (χ3v) is 4.11. The predicted molar refractivity (Wildman–Crippen MR) is 85.9 cm³/mol. The fourth-order valence-corrected chi connectivity index (χ4v) is 2.84. The number of hydrogen-bond donors (Lipinski definition) is 2. The minimum Gasteiger partial charge on any atom is -0.496 e. The number of nitrogens with one attached hydrogen (secondary N) is 2. The van der Waals surface area contributed by atoms with Gasteiger partial charge in [-0.2, -0.15) is 0 Å². The van der Waals surface area contributed by atoms with Crippen LogP contribution >= 0.6 is 28.3 Å². The molecule has 1 saturated heterocycles.